The molecule has 2 aliphatic rings. The molecule has 2 rings (SSSR count). The van der Waals surface area contributed by atoms with Gasteiger partial charge in [-0.05, 0) is 13.8 Å². The summed E-state index contributed by atoms with van der Waals surface area (Å²) < 4.78 is 10.3. The summed E-state index contributed by atoms with van der Waals surface area (Å²) in [6, 6.07) is 0. The van der Waals surface area contributed by atoms with Gasteiger partial charge in [-0.2, -0.15) is 0 Å². The first-order chi connectivity index (χ1) is 3.70. The Hall–Kier alpha value is -0.0800. The molecule has 8 heavy (non-hydrogen) atoms. The van der Waals surface area contributed by atoms with Crippen molar-refractivity contribution in [2.75, 3.05) is 6.61 Å². The van der Waals surface area contributed by atoms with E-state index in [9.17, 15) is 0 Å². The van der Waals surface area contributed by atoms with E-state index in [0.717, 1.165) is 6.61 Å². The Morgan fingerprint density at radius 2 is 2.00 bits per heavy atom. The van der Waals surface area contributed by atoms with E-state index in [4.69, 9.17) is 9.47 Å². The van der Waals surface area contributed by atoms with E-state index in [1.807, 2.05) is 0 Å². The van der Waals surface area contributed by atoms with Crippen molar-refractivity contribution in [3.8, 4) is 0 Å². The zero-order chi connectivity index (χ0) is 5.78. The highest BCUT2D eigenvalue weighted by molar-refractivity contribution is 5.03. The molecule has 0 N–H and O–H groups in total. The van der Waals surface area contributed by atoms with Gasteiger partial charge in [0, 0.05) is 0 Å². The van der Waals surface area contributed by atoms with Gasteiger partial charge in [-0.3, -0.25) is 0 Å². The fourth-order valence-electron chi connectivity index (χ4n) is 1.05. The molecule has 0 aliphatic carbocycles. The third kappa shape index (κ3) is 0.565. The molecule has 2 saturated heterocycles. The predicted octanol–water partition coefficient (Wildman–Crippen LogP) is 0.563. The Kier molecular flexibility index (Phi) is 0.649. The normalized spacial score (nSPS) is 48.8. The van der Waals surface area contributed by atoms with E-state index < -0.39 is 0 Å². The van der Waals surface area contributed by atoms with Crippen LogP contribution in [0.2, 0.25) is 0 Å². The molecule has 0 spiro atoms. The van der Waals surface area contributed by atoms with Gasteiger partial charge in [0.15, 0.2) is 0 Å². The second kappa shape index (κ2) is 1.09. The maximum Gasteiger partial charge on any atom is 0.115 e. The second-order valence-electron chi connectivity index (χ2n) is 3.01. The Balaban J connectivity index is 1.95. The molecule has 2 aliphatic heterocycles. The molecule has 0 aromatic rings. The van der Waals surface area contributed by atoms with E-state index in [1.54, 1.807) is 0 Å². The first-order valence-corrected chi connectivity index (χ1v) is 2.99. The van der Waals surface area contributed by atoms with Crippen LogP contribution in [0.1, 0.15) is 13.8 Å². The molecule has 2 atom stereocenters. The molecular formula is C6H10O2. The van der Waals surface area contributed by atoms with Crippen molar-refractivity contribution < 1.29 is 9.47 Å². The summed E-state index contributed by atoms with van der Waals surface area (Å²) in [6.45, 7) is 5.10. The van der Waals surface area contributed by atoms with Crippen LogP contribution in [0, 0.1) is 0 Å². The minimum atomic E-state index is 0.126. The minimum absolute atomic E-state index is 0.126. The Morgan fingerprint density at radius 1 is 1.50 bits per heavy atom. The molecule has 2 fully saturated rings. The van der Waals surface area contributed by atoms with Crippen molar-refractivity contribution in [2.45, 2.75) is 31.7 Å². The number of epoxide rings is 2. The van der Waals surface area contributed by atoms with Crippen LogP contribution in [0.15, 0.2) is 0 Å². The molecule has 0 aromatic carbocycles. The van der Waals surface area contributed by atoms with Crippen LogP contribution in [0.3, 0.4) is 0 Å². The maximum atomic E-state index is 5.30. The monoisotopic (exact) mass is 114 g/mol. The third-order valence-corrected chi connectivity index (χ3v) is 1.76. The van der Waals surface area contributed by atoms with Crippen molar-refractivity contribution >= 4 is 0 Å². The van der Waals surface area contributed by atoms with E-state index in [-0.39, 0.29) is 5.60 Å². The van der Waals surface area contributed by atoms with Crippen molar-refractivity contribution in [1.82, 2.24) is 0 Å². The summed E-state index contributed by atoms with van der Waals surface area (Å²) in [5, 5.41) is 0. The molecule has 2 nitrogen and oxygen atoms in total. The van der Waals surface area contributed by atoms with Gasteiger partial charge < -0.3 is 9.47 Å². The first-order valence-electron chi connectivity index (χ1n) is 2.99. The van der Waals surface area contributed by atoms with Crippen molar-refractivity contribution in [3.05, 3.63) is 0 Å². The average Bonchev–Trinajstić information content (AvgIpc) is 2.37. The van der Waals surface area contributed by atoms with Crippen molar-refractivity contribution in [1.29, 1.82) is 0 Å². The second-order valence-corrected chi connectivity index (χ2v) is 3.01. The summed E-state index contributed by atoms with van der Waals surface area (Å²) in [4.78, 5) is 0. The lowest BCUT2D eigenvalue weighted by molar-refractivity contribution is 0.296. The molecule has 46 valence electrons. The summed E-state index contributed by atoms with van der Waals surface area (Å²) in [7, 11) is 0. The van der Waals surface area contributed by atoms with Crippen LogP contribution in [0.4, 0.5) is 0 Å². The van der Waals surface area contributed by atoms with Crippen molar-refractivity contribution in [3.63, 3.8) is 0 Å². The average molecular weight is 114 g/mol. The van der Waals surface area contributed by atoms with Gasteiger partial charge in [-0.15, -0.1) is 0 Å². The molecule has 0 aromatic heterocycles. The zero-order valence-electron chi connectivity index (χ0n) is 5.18. The highest BCUT2D eigenvalue weighted by Gasteiger charge is 2.57. The SMILES string of the molecule is CC1(C)OC1C1CO1. The number of hydrogen-bond donors (Lipinski definition) is 0. The molecule has 2 heteroatoms. The maximum absolute atomic E-state index is 5.30. The molecule has 2 unspecified atom stereocenters. The lowest BCUT2D eigenvalue weighted by atomic mass is 10.1. The van der Waals surface area contributed by atoms with Crippen LogP contribution in [0.5, 0.6) is 0 Å². The molecule has 0 bridgehead atoms. The molecular weight excluding hydrogens is 104 g/mol. The minimum Gasteiger partial charge on any atom is -0.370 e. The predicted molar refractivity (Wildman–Crippen MR) is 28.7 cm³/mol. The van der Waals surface area contributed by atoms with E-state index >= 15 is 0 Å². The quantitative estimate of drug-likeness (QED) is 0.465. The van der Waals surface area contributed by atoms with E-state index in [0.29, 0.717) is 12.2 Å². The highest BCUT2D eigenvalue weighted by Crippen LogP contribution is 2.42. The zero-order valence-corrected chi connectivity index (χ0v) is 5.18. The summed E-state index contributed by atoms with van der Waals surface area (Å²) >= 11 is 0. The Labute approximate surface area is 48.8 Å². The molecule has 0 amide bonds. The van der Waals surface area contributed by atoms with Gasteiger partial charge in [0.2, 0.25) is 0 Å². The fraction of sp³-hybridized carbons (Fsp3) is 1.00. The molecule has 0 saturated carbocycles. The largest absolute Gasteiger partial charge is 0.370 e. The standard InChI is InChI=1S/C6H10O2/c1-6(2)5(8-6)4-3-7-4/h4-5H,3H2,1-2H3. The number of hydrogen-bond acceptors (Lipinski definition) is 2. The third-order valence-electron chi connectivity index (χ3n) is 1.76. The van der Waals surface area contributed by atoms with Crippen LogP contribution in [-0.2, 0) is 9.47 Å². The van der Waals surface area contributed by atoms with Crippen LogP contribution >= 0.6 is 0 Å². The Morgan fingerprint density at radius 3 is 2.12 bits per heavy atom. The van der Waals surface area contributed by atoms with Crippen LogP contribution in [0.25, 0.3) is 0 Å². The summed E-state index contributed by atoms with van der Waals surface area (Å²) in [5.41, 5.74) is 0.126. The smallest absolute Gasteiger partial charge is 0.115 e. The number of ether oxygens (including phenoxy) is 2. The van der Waals surface area contributed by atoms with E-state index in [1.165, 1.54) is 0 Å². The van der Waals surface area contributed by atoms with Gasteiger partial charge in [0.1, 0.15) is 12.2 Å². The van der Waals surface area contributed by atoms with Gasteiger partial charge >= 0.3 is 0 Å². The lowest BCUT2D eigenvalue weighted by Crippen LogP contribution is -2.08. The van der Waals surface area contributed by atoms with Crippen LogP contribution in [-0.4, -0.2) is 24.4 Å². The molecule has 0 radical (unpaired) electrons. The van der Waals surface area contributed by atoms with E-state index in [2.05, 4.69) is 13.8 Å². The van der Waals surface area contributed by atoms with Gasteiger partial charge in [-0.25, -0.2) is 0 Å². The van der Waals surface area contributed by atoms with Gasteiger partial charge in [0.05, 0.1) is 12.2 Å². The highest BCUT2D eigenvalue weighted by atomic mass is 16.7. The topological polar surface area (TPSA) is 25.1 Å². The summed E-state index contributed by atoms with van der Waals surface area (Å²) in [5.74, 6) is 0. The van der Waals surface area contributed by atoms with Crippen LogP contribution < -0.4 is 0 Å². The Bertz CT molecular complexity index is 116. The molecule has 2 heterocycles. The number of rotatable bonds is 1. The van der Waals surface area contributed by atoms with Crippen molar-refractivity contribution in [2.24, 2.45) is 0 Å². The lowest BCUT2D eigenvalue weighted by Gasteiger charge is -1.87. The first kappa shape index (κ1) is 4.77. The fourth-order valence-corrected chi connectivity index (χ4v) is 1.05. The summed E-state index contributed by atoms with van der Waals surface area (Å²) in [6.07, 6.45) is 0.840. The van der Waals surface area contributed by atoms with Gasteiger partial charge in [0.25, 0.3) is 0 Å². The van der Waals surface area contributed by atoms with Gasteiger partial charge in [-0.1, -0.05) is 0 Å².